The van der Waals surface area contributed by atoms with Crippen molar-refractivity contribution in [3.05, 3.63) is 12.4 Å². The molecule has 1 aliphatic rings. The zero-order valence-corrected chi connectivity index (χ0v) is 10.6. The standard InChI is InChI=1S/C12H21N5/c1-9(2)6-14-11-5-12(16-8-15-11)17-4-3-10(13)7-17/h5,8-10H,3-4,6-7,13H2,1-2H3,(H,14,15,16). The van der Waals surface area contributed by atoms with Crippen molar-refractivity contribution in [1.29, 1.82) is 0 Å². The first kappa shape index (κ1) is 12.1. The third kappa shape index (κ3) is 3.30. The van der Waals surface area contributed by atoms with Crippen LogP contribution in [0.2, 0.25) is 0 Å². The lowest BCUT2D eigenvalue weighted by atomic mass is 10.2. The van der Waals surface area contributed by atoms with Crippen LogP contribution in [0.15, 0.2) is 12.4 Å². The van der Waals surface area contributed by atoms with Gasteiger partial charge in [0.15, 0.2) is 0 Å². The van der Waals surface area contributed by atoms with Crippen LogP contribution in [0.3, 0.4) is 0 Å². The Labute approximate surface area is 102 Å². The zero-order valence-electron chi connectivity index (χ0n) is 10.6. The predicted octanol–water partition coefficient (Wildman–Crippen LogP) is 1.08. The van der Waals surface area contributed by atoms with Crippen LogP contribution in [0.1, 0.15) is 20.3 Å². The van der Waals surface area contributed by atoms with Crippen LogP contribution in [0, 0.1) is 5.92 Å². The van der Waals surface area contributed by atoms with Gasteiger partial charge < -0.3 is 16.0 Å². The summed E-state index contributed by atoms with van der Waals surface area (Å²) in [7, 11) is 0. The smallest absolute Gasteiger partial charge is 0.134 e. The van der Waals surface area contributed by atoms with Gasteiger partial charge in [0.1, 0.15) is 18.0 Å². The van der Waals surface area contributed by atoms with Crippen molar-refractivity contribution >= 4 is 11.6 Å². The minimum Gasteiger partial charge on any atom is -0.370 e. The molecule has 1 saturated heterocycles. The van der Waals surface area contributed by atoms with Crippen molar-refractivity contribution in [1.82, 2.24) is 9.97 Å². The summed E-state index contributed by atoms with van der Waals surface area (Å²) in [5.74, 6) is 2.47. The van der Waals surface area contributed by atoms with E-state index < -0.39 is 0 Å². The second kappa shape index (κ2) is 5.31. The van der Waals surface area contributed by atoms with Crippen molar-refractivity contribution < 1.29 is 0 Å². The third-order valence-electron chi connectivity index (χ3n) is 2.89. The minimum atomic E-state index is 0.275. The first-order valence-corrected chi connectivity index (χ1v) is 6.21. The lowest BCUT2D eigenvalue weighted by Gasteiger charge is -2.17. The molecule has 0 radical (unpaired) electrons. The summed E-state index contributed by atoms with van der Waals surface area (Å²) in [4.78, 5) is 10.7. The van der Waals surface area contributed by atoms with Gasteiger partial charge in [-0.15, -0.1) is 0 Å². The van der Waals surface area contributed by atoms with Crippen molar-refractivity contribution in [2.24, 2.45) is 11.7 Å². The van der Waals surface area contributed by atoms with E-state index in [0.717, 1.165) is 37.7 Å². The number of hydrogen-bond donors (Lipinski definition) is 2. The molecule has 17 heavy (non-hydrogen) atoms. The Bertz CT molecular complexity index is 366. The summed E-state index contributed by atoms with van der Waals surface area (Å²) in [6.45, 7) is 7.15. The summed E-state index contributed by atoms with van der Waals surface area (Å²) < 4.78 is 0. The summed E-state index contributed by atoms with van der Waals surface area (Å²) in [5, 5.41) is 3.31. The van der Waals surface area contributed by atoms with E-state index >= 15 is 0 Å². The molecule has 0 amide bonds. The molecule has 5 heteroatoms. The molecular weight excluding hydrogens is 214 g/mol. The second-order valence-electron chi connectivity index (χ2n) is 5.03. The summed E-state index contributed by atoms with van der Waals surface area (Å²) >= 11 is 0. The highest BCUT2D eigenvalue weighted by molar-refractivity contribution is 5.49. The normalized spacial score (nSPS) is 20.0. The van der Waals surface area contributed by atoms with E-state index in [9.17, 15) is 0 Å². The van der Waals surface area contributed by atoms with Crippen LogP contribution in [0.25, 0.3) is 0 Å². The Balaban J connectivity index is 2.01. The van der Waals surface area contributed by atoms with Crippen molar-refractivity contribution in [3.8, 4) is 0 Å². The largest absolute Gasteiger partial charge is 0.370 e. The fraction of sp³-hybridized carbons (Fsp3) is 0.667. The number of nitrogens with zero attached hydrogens (tertiary/aromatic N) is 3. The van der Waals surface area contributed by atoms with E-state index in [1.807, 2.05) is 6.07 Å². The molecule has 0 aromatic carbocycles. The maximum Gasteiger partial charge on any atom is 0.134 e. The van der Waals surface area contributed by atoms with E-state index in [-0.39, 0.29) is 6.04 Å². The van der Waals surface area contributed by atoms with Crippen LogP contribution in [0.5, 0.6) is 0 Å². The van der Waals surface area contributed by atoms with Gasteiger partial charge in [0.05, 0.1) is 0 Å². The van der Waals surface area contributed by atoms with Gasteiger partial charge in [0.25, 0.3) is 0 Å². The predicted molar refractivity (Wildman–Crippen MR) is 70.2 cm³/mol. The first-order chi connectivity index (χ1) is 8.15. The highest BCUT2D eigenvalue weighted by Crippen LogP contribution is 2.18. The number of anilines is 2. The third-order valence-corrected chi connectivity index (χ3v) is 2.89. The molecule has 0 spiro atoms. The average Bonchev–Trinajstić information content (AvgIpc) is 2.74. The van der Waals surface area contributed by atoms with Crippen LogP contribution in [0.4, 0.5) is 11.6 Å². The Morgan fingerprint density at radius 2 is 2.35 bits per heavy atom. The first-order valence-electron chi connectivity index (χ1n) is 6.21. The molecule has 94 valence electrons. The SMILES string of the molecule is CC(C)CNc1cc(N2CCC(N)C2)ncn1. The lowest BCUT2D eigenvalue weighted by Crippen LogP contribution is -2.27. The molecule has 0 bridgehead atoms. The maximum absolute atomic E-state index is 5.90. The van der Waals surface area contributed by atoms with E-state index in [4.69, 9.17) is 5.73 Å². The van der Waals surface area contributed by atoms with Gasteiger partial charge in [-0.3, -0.25) is 0 Å². The molecule has 1 atom stereocenters. The Kier molecular flexibility index (Phi) is 3.78. The van der Waals surface area contributed by atoms with Gasteiger partial charge in [-0.25, -0.2) is 9.97 Å². The molecule has 1 aromatic rings. The quantitative estimate of drug-likeness (QED) is 0.817. The highest BCUT2D eigenvalue weighted by atomic mass is 15.2. The molecule has 2 rings (SSSR count). The summed E-state index contributed by atoms with van der Waals surface area (Å²) in [5.41, 5.74) is 5.90. The van der Waals surface area contributed by atoms with E-state index in [2.05, 4.69) is 34.0 Å². The fourth-order valence-electron chi connectivity index (χ4n) is 1.92. The molecule has 1 unspecified atom stereocenters. The molecule has 5 nitrogen and oxygen atoms in total. The van der Waals surface area contributed by atoms with Crippen LogP contribution in [-0.2, 0) is 0 Å². The van der Waals surface area contributed by atoms with Crippen LogP contribution < -0.4 is 16.0 Å². The minimum absolute atomic E-state index is 0.275. The molecule has 0 aliphatic carbocycles. The average molecular weight is 235 g/mol. The van der Waals surface area contributed by atoms with Gasteiger partial charge in [-0.05, 0) is 12.3 Å². The second-order valence-corrected chi connectivity index (χ2v) is 5.03. The van der Waals surface area contributed by atoms with Gasteiger partial charge in [-0.1, -0.05) is 13.8 Å². The molecule has 1 aromatic heterocycles. The van der Waals surface area contributed by atoms with E-state index in [1.165, 1.54) is 0 Å². The van der Waals surface area contributed by atoms with Crippen molar-refractivity contribution in [2.75, 3.05) is 29.9 Å². The number of hydrogen-bond acceptors (Lipinski definition) is 5. The maximum atomic E-state index is 5.90. The van der Waals surface area contributed by atoms with E-state index in [1.54, 1.807) is 6.33 Å². The molecule has 1 fully saturated rings. The number of aromatic nitrogens is 2. The topological polar surface area (TPSA) is 67.1 Å². The fourth-order valence-corrected chi connectivity index (χ4v) is 1.92. The zero-order chi connectivity index (χ0) is 12.3. The molecule has 3 N–H and O–H groups in total. The molecule has 1 aliphatic heterocycles. The Hall–Kier alpha value is -1.36. The number of rotatable bonds is 4. The molecular formula is C12H21N5. The molecule has 0 saturated carbocycles. The number of nitrogens with one attached hydrogen (secondary N) is 1. The Morgan fingerprint density at radius 1 is 1.53 bits per heavy atom. The van der Waals surface area contributed by atoms with Gasteiger partial charge in [0.2, 0.25) is 0 Å². The van der Waals surface area contributed by atoms with Gasteiger partial charge in [0, 0.05) is 31.7 Å². The summed E-state index contributed by atoms with van der Waals surface area (Å²) in [6, 6.07) is 2.28. The highest BCUT2D eigenvalue weighted by Gasteiger charge is 2.20. The number of nitrogens with two attached hydrogens (primary N) is 1. The van der Waals surface area contributed by atoms with Crippen molar-refractivity contribution in [2.45, 2.75) is 26.3 Å². The van der Waals surface area contributed by atoms with E-state index in [0.29, 0.717) is 5.92 Å². The van der Waals surface area contributed by atoms with Crippen LogP contribution >= 0.6 is 0 Å². The monoisotopic (exact) mass is 235 g/mol. The molecule has 2 heterocycles. The Morgan fingerprint density at radius 3 is 3.00 bits per heavy atom. The van der Waals surface area contributed by atoms with Crippen LogP contribution in [-0.4, -0.2) is 35.6 Å². The van der Waals surface area contributed by atoms with Gasteiger partial charge >= 0.3 is 0 Å². The van der Waals surface area contributed by atoms with Crippen molar-refractivity contribution in [3.63, 3.8) is 0 Å². The lowest BCUT2D eigenvalue weighted by molar-refractivity contribution is 0.686. The summed E-state index contributed by atoms with van der Waals surface area (Å²) in [6.07, 6.45) is 2.65. The van der Waals surface area contributed by atoms with Gasteiger partial charge in [-0.2, -0.15) is 0 Å².